The summed E-state index contributed by atoms with van der Waals surface area (Å²) in [6.45, 7) is 2.31. The zero-order chi connectivity index (χ0) is 20.9. The lowest BCUT2D eigenvalue weighted by molar-refractivity contribution is -0.125. The van der Waals surface area contributed by atoms with Crippen LogP contribution in [0.3, 0.4) is 0 Å². The van der Waals surface area contributed by atoms with Crippen LogP contribution >= 0.6 is 0 Å². The lowest BCUT2D eigenvalue weighted by Gasteiger charge is -2.44. The highest BCUT2D eigenvalue weighted by atomic mass is 16.5. The van der Waals surface area contributed by atoms with Crippen LogP contribution in [-0.2, 0) is 17.0 Å². The van der Waals surface area contributed by atoms with E-state index in [1.165, 1.54) is 0 Å². The molecule has 5 rings (SSSR count). The number of nitrogens with zero attached hydrogens (tertiary/aromatic N) is 1. The van der Waals surface area contributed by atoms with Crippen LogP contribution in [0.15, 0.2) is 66.7 Å². The van der Waals surface area contributed by atoms with Crippen molar-refractivity contribution in [2.24, 2.45) is 0 Å². The van der Waals surface area contributed by atoms with Gasteiger partial charge in [-0.3, -0.25) is 14.5 Å². The van der Waals surface area contributed by atoms with Crippen molar-refractivity contribution in [1.29, 1.82) is 0 Å². The average Bonchev–Trinajstić information content (AvgIpc) is 3.03. The lowest BCUT2D eigenvalue weighted by atomic mass is 9.92. The van der Waals surface area contributed by atoms with E-state index in [0.29, 0.717) is 34.8 Å². The maximum Gasteiger partial charge on any atom is 0.276 e. The van der Waals surface area contributed by atoms with Gasteiger partial charge in [0.25, 0.3) is 11.8 Å². The molecule has 3 aromatic rings. The zero-order valence-electron chi connectivity index (χ0n) is 16.7. The van der Waals surface area contributed by atoms with E-state index < -0.39 is 5.66 Å². The molecule has 0 saturated carbocycles. The minimum atomic E-state index is -1.34. The Labute approximate surface area is 174 Å². The van der Waals surface area contributed by atoms with E-state index in [9.17, 15) is 9.59 Å². The molecule has 150 valence electrons. The second-order valence-corrected chi connectivity index (χ2v) is 7.62. The van der Waals surface area contributed by atoms with Crippen LogP contribution in [0, 0.1) is 6.92 Å². The fourth-order valence-electron chi connectivity index (χ4n) is 4.20. The van der Waals surface area contributed by atoms with E-state index in [4.69, 9.17) is 4.74 Å². The lowest BCUT2D eigenvalue weighted by Crippen LogP contribution is -2.60. The highest BCUT2D eigenvalue weighted by molar-refractivity contribution is 6.14. The minimum absolute atomic E-state index is 0.191. The molecule has 0 aromatic heterocycles. The van der Waals surface area contributed by atoms with Crippen molar-refractivity contribution < 1.29 is 14.3 Å². The van der Waals surface area contributed by atoms with Crippen molar-refractivity contribution in [2.45, 2.75) is 19.1 Å². The quantitative estimate of drug-likeness (QED) is 0.701. The van der Waals surface area contributed by atoms with Gasteiger partial charge in [-0.2, -0.15) is 0 Å². The van der Waals surface area contributed by atoms with Gasteiger partial charge in [0, 0.05) is 23.9 Å². The monoisotopic (exact) mass is 399 g/mol. The number of rotatable bonds is 3. The largest absolute Gasteiger partial charge is 0.497 e. The van der Waals surface area contributed by atoms with Crippen molar-refractivity contribution in [1.82, 2.24) is 4.90 Å². The predicted molar refractivity (Wildman–Crippen MR) is 114 cm³/mol. The summed E-state index contributed by atoms with van der Waals surface area (Å²) in [4.78, 5) is 28.6. The molecule has 0 aliphatic carbocycles. The molecule has 0 unspecified atom stereocenters. The Bertz CT molecular complexity index is 1170. The molecular weight excluding hydrogens is 378 g/mol. The number of ether oxygens (including phenoxy) is 1. The van der Waals surface area contributed by atoms with Crippen LogP contribution in [0.25, 0.3) is 0 Å². The van der Waals surface area contributed by atoms with Gasteiger partial charge in [0.05, 0.1) is 18.4 Å². The number of benzene rings is 3. The number of nitrogens with one attached hydrogen (secondary N) is 2. The SMILES string of the molecule is COc1ccc2c(c1)NC(=O)[C@]21Nc2ccccc2C(=O)N1Cc1ccc(C)cc1. The van der Waals surface area contributed by atoms with Gasteiger partial charge in [-0.05, 0) is 36.8 Å². The van der Waals surface area contributed by atoms with Crippen LogP contribution in [0.2, 0.25) is 0 Å². The van der Waals surface area contributed by atoms with Gasteiger partial charge in [0.15, 0.2) is 0 Å². The summed E-state index contributed by atoms with van der Waals surface area (Å²) in [7, 11) is 1.58. The van der Waals surface area contributed by atoms with E-state index in [1.54, 1.807) is 30.2 Å². The topological polar surface area (TPSA) is 70.7 Å². The van der Waals surface area contributed by atoms with Crippen LogP contribution in [0.1, 0.15) is 27.0 Å². The van der Waals surface area contributed by atoms with Gasteiger partial charge in [-0.1, -0.05) is 42.0 Å². The number of methoxy groups -OCH3 is 1. The van der Waals surface area contributed by atoms with Crippen molar-refractivity contribution >= 4 is 23.2 Å². The second kappa shape index (κ2) is 6.62. The molecule has 2 aliphatic heterocycles. The van der Waals surface area contributed by atoms with E-state index in [1.807, 2.05) is 55.5 Å². The second-order valence-electron chi connectivity index (χ2n) is 7.62. The number of para-hydroxylation sites is 1. The molecule has 2 heterocycles. The standard InChI is InChI=1S/C24H21N3O3/c1-15-7-9-16(10-8-15)14-27-22(28)18-5-3-4-6-20(18)26-24(27)19-12-11-17(30-2)13-21(19)25-23(24)29/h3-13,26H,14H2,1-2H3,(H,25,29)/t24-/m0/s1. The molecule has 0 bridgehead atoms. The molecule has 6 heteroatoms. The molecule has 1 atom stereocenters. The first kappa shape index (κ1) is 18.2. The molecule has 2 N–H and O–H groups in total. The Balaban J connectivity index is 1.69. The van der Waals surface area contributed by atoms with Crippen LogP contribution < -0.4 is 15.4 Å². The molecule has 2 aliphatic rings. The molecule has 6 nitrogen and oxygen atoms in total. The minimum Gasteiger partial charge on any atom is -0.497 e. The predicted octanol–water partition coefficient (Wildman–Crippen LogP) is 3.88. The van der Waals surface area contributed by atoms with Gasteiger partial charge in [0.2, 0.25) is 5.66 Å². The summed E-state index contributed by atoms with van der Waals surface area (Å²) in [5.41, 5.74) is 3.27. The Morgan fingerprint density at radius 3 is 2.50 bits per heavy atom. The summed E-state index contributed by atoms with van der Waals surface area (Å²) in [5, 5.41) is 6.31. The van der Waals surface area contributed by atoms with Crippen LogP contribution in [-0.4, -0.2) is 23.8 Å². The van der Waals surface area contributed by atoms with Gasteiger partial charge in [-0.25, -0.2) is 0 Å². The van der Waals surface area contributed by atoms with Gasteiger partial charge < -0.3 is 15.4 Å². The molecule has 1 spiro atoms. The highest BCUT2D eigenvalue weighted by Crippen LogP contribution is 2.46. The first-order chi connectivity index (χ1) is 14.5. The average molecular weight is 399 g/mol. The van der Waals surface area contributed by atoms with Gasteiger partial charge in [0.1, 0.15) is 5.75 Å². The van der Waals surface area contributed by atoms with E-state index in [0.717, 1.165) is 11.1 Å². The number of anilines is 2. The third kappa shape index (κ3) is 2.57. The van der Waals surface area contributed by atoms with Crippen molar-refractivity contribution in [3.05, 3.63) is 89.0 Å². The summed E-state index contributed by atoms with van der Waals surface area (Å²) >= 11 is 0. The highest BCUT2D eigenvalue weighted by Gasteiger charge is 2.56. The molecule has 30 heavy (non-hydrogen) atoms. The molecule has 2 amide bonds. The Morgan fingerprint density at radius 1 is 0.967 bits per heavy atom. The maximum atomic E-state index is 13.6. The van der Waals surface area contributed by atoms with E-state index >= 15 is 0 Å². The molecule has 0 radical (unpaired) electrons. The van der Waals surface area contributed by atoms with Crippen LogP contribution in [0.5, 0.6) is 5.75 Å². The van der Waals surface area contributed by atoms with Crippen molar-refractivity contribution in [3.63, 3.8) is 0 Å². The van der Waals surface area contributed by atoms with Crippen molar-refractivity contribution in [2.75, 3.05) is 17.7 Å². The summed E-state index contributed by atoms with van der Waals surface area (Å²) in [5.74, 6) is 0.156. The van der Waals surface area contributed by atoms with Crippen LogP contribution in [0.4, 0.5) is 11.4 Å². The third-order valence-electron chi connectivity index (χ3n) is 5.78. The first-order valence-corrected chi connectivity index (χ1v) is 9.77. The number of carbonyl (C=O) groups is 2. The fraction of sp³-hybridized carbons (Fsp3) is 0.167. The van der Waals surface area contributed by atoms with Gasteiger partial charge >= 0.3 is 0 Å². The number of aryl methyl sites for hydroxylation is 1. The van der Waals surface area contributed by atoms with E-state index in [-0.39, 0.29) is 11.8 Å². The molecule has 3 aromatic carbocycles. The molecular formula is C24H21N3O3. The van der Waals surface area contributed by atoms with Crippen molar-refractivity contribution in [3.8, 4) is 5.75 Å². The number of carbonyl (C=O) groups excluding carboxylic acids is 2. The van der Waals surface area contributed by atoms with Gasteiger partial charge in [-0.15, -0.1) is 0 Å². The Hall–Kier alpha value is -3.80. The third-order valence-corrected chi connectivity index (χ3v) is 5.78. The normalized spacial score (nSPS) is 19.2. The fourth-order valence-corrected chi connectivity index (χ4v) is 4.20. The molecule has 0 fully saturated rings. The number of hydrogen-bond donors (Lipinski definition) is 2. The summed E-state index contributed by atoms with van der Waals surface area (Å²) < 4.78 is 5.31. The Morgan fingerprint density at radius 2 is 1.73 bits per heavy atom. The first-order valence-electron chi connectivity index (χ1n) is 9.77. The Kier molecular flexibility index (Phi) is 4.03. The number of hydrogen-bond acceptors (Lipinski definition) is 4. The number of fused-ring (bicyclic) bond motifs is 3. The zero-order valence-corrected chi connectivity index (χ0v) is 16.7. The maximum absolute atomic E-state index is 13.6. The molecule has 0 saturated heterocycles. The number of amides is 2. The smallest absolute Gasteiger partial charge is 0.276 e. The summed E-state index contributed by atoms with van der Waals surface area (Å²) in [6.07, 6.45) is 0. The summed E-state index contributed by atoms with van der Waals surface area (Å²) in [6, 6.07) is 20.7. The van der Waals surface area contributed by atoms with E-state index in [2.05, 4.69) is 10.6 Å².